The molecule has 3 heterocycles. The van der Waals surface area contributed by atoms with Crippen LogP contribution < -0.4 is 21.1 Å². The number of anilines is 2. The number of carbonyl (C=O) groups excluding carboxylic acids is 1. The van der Waals surface area contributed by atoms with Crippen LogP contribution in [0.2, 0.25) is 5.02 Å². The Morgan fingerprint density at radius 3 is 2.75 bits per heavy atom. The second kappa shape index (κ2) is 9.11. The standard InChI is InChI=1S/C23H31ClN6O2/c1-14-21(27-7-6-26-14)28-8-11-30-9-4-15(5-10-30)29-22(31)16-12-18(24)19(25)17-13-23(2,3)32-20(16)17/h6-7,12,15H,4-5,8-11,13,25H2,1-3H3,(H,27,28)(H,29,31). The number of ether oxygens (including phenoxy) is 1. The van der Waals surface area contributed by atoms with Crippen molar-refractivity contribution >= 4 is 29.0 Å². The SMILES string of the molecule is Cc1nccnc1NCCN1CCC(NC(=O)c2cc(Cl)c(N)c3c2OC(C)(C)C3)CC1. The molecular formula is C23H31ClN6O2. The maximum absolute atomic E-state index is 13.1. The second-order valence-corrected chi connectivity index (χ2v) is 9.58. The fourth-order valence-electron chi connectivity index (χ4n) is 4.38. The number of amides is 1. The van der Waals surface area contributed by atoms with Gasteiger partial charge in [-0.15, -0.1) is 0 Å². The van der Waals surface area contributed by atoms with E-state index in [-0.39, 0.29) is 11.9 Å². The quantitative estimate of drug-likeness (QED) is 0.571. The number of nitrogen functional groups attached to an aromatic ring is 1. The molecule has 1 aromatic carbocycles. The van der Waals surface area contributed by atoms with Crippen LogP contribution in [0.4, 0.5) is 11.5 Å². The Bertz CT molecular complexity index is 1000. The van der Waals surface area contributed by atoms with Crippen molar-refractivity contribution in [2.75, 3.05) is 37.2 Å². The molecule has 0 aliphatic carbocycles. The van der Waals surface area contributed by atoms with Gasteiger partial charge in [-0.25, -0.2) is 4.98 Å². The molecule has 4 rings (SSSR count). The Kier molecular flexibility index (Phi) is 6.44. The van der Waals surface area contributed by atoms with Gasteiger partial charge in [0.25, 0.3) is 5.91 Å². The zero-order valence-electron chi connectivity index (χ0n) is 18.9. The highest BCUT2D eigenvalue weighted by atomic mass is 35.5. The lowest BCUT2D eigenvalue weighted by Gasteiger charge is -2.32. The number of benzene rings is 1. The molecule has 4 N–H and O–H groups in total. The van der Waals surface area contributed by atoms with E-state index >= 15 is 0 Å². The number of aromatic nitrogens is 2. The number of likely N-dealkylation sites (tertiary alicyclic amines) is 1. The van der Waals surface area contributed by atoms with Crippen LogP contribution in [-0.2, 0) is 6.42 Å². The molecule has 0 saturated carbocycles. The average molecular weight is 459 g/mol. The highest BCUT2D eigenvalue weighted by Crippen LogP contribution is 2.44. The molecule has 2 aromatic rings. The Morgan fingerprint density at radius 2 is 2.03 bits per heavy atom. The molecule has 1 fully saturated rings. The average Bonchev–Trinajstić information content (AvgIpc) is 3.09. The number of hydrogen-bond donors (Lipinski definition) is 3. The molecule has 0 radical (unpaired) electrons. The minimum atomic E-state index is -0.403. The Labute approximate surface area is 193 Å². The highest BCUT2D eigenvalue weighted by molar-refractivity contribution is 6.33. The van der Waals surface area contributed by atoms with Gasteiger partial charge in [-0.3, -0.25) is 9.78 Å². The third kappa shape index (κ3) is 4.91. The molecule has 1 aromatic heterocycles. The monoisotopic (exact) mass is 458 g/mol. The van der Waals surface area contributed by atoms with Crippen molar-refractivity contribution in [3.63, 3.8) is 0 Å². The predicted octanol–water partition coefficient (Wildman–Crippen LogP) is 3.04. The third-order valence-corrected chi connectivity index (χ3v) is 6.43. The van der Waals surface area contributed by atoms with Crippen molar-refractivity contribution in [1.82, 2.24) is 20.2 Å². The van der Waals surface area contributed by atoms with Crippen LogP contribution in [0.3, 0.4) is 0 Å². The van der Waals surface area contributed by atoms with Crippen LogP contribution in [0.15, 0.2) is 18.5 Å². The number of fused-ring (bicyclic) bond motifs is 1. The van der Waals surface area contributed by atoms with Gasteiger partial charge in [0.15, 0.2) is 0 Å². The van der Waals surface area contributed by atoms with E-state index in [9.17, 15) is 4.79 Å². The lowest BCUT2D eigenvalue weighted by Crippen LogP contribution is -2.45. The van der Waals surface area contributed by atoms with E-state index in [1.165, 1.54) is 0 Å². The molecule has 8 nitrogen and oxygen atoms in total. The molecule has 0 unspecified atom stereocenters. The Morgan fingerprint density at radius 1 is 1.31 bits per heavy atom. The number of nitrogens with two attached hydrogens (primary N) is 1. The lowest BCUT2D eigenvalue weighted by molar-refractivity contribution is 0.0899. The number of aryl methyl sites for hydroxylation is 1. The Balaban J connectivity index is 1.30. The van der Waals surface area contributed by atoms with Crippen LogP contribution in [0.25, 0.3) is 0 Å². The summed E-state index contributed by atoms with van der Waals surface area (Å²) in [6.07, 6.45) is 5.81. The van der Waals surface area contributed by atoms with Gasteiger partial charge in [0.1, 0.15) is 17.2 Å². The van der Waals surface area contributed by atoms with Crippen molar-refractivity contribution < 1.29 is 9.53 Å². The van der Waals surface area contributed by atoms with E-state index in [0.717, 1.165) is 56.1 Å². The second-order valence-electron chi connectivity index (χ2n) is 9.17. The maximum Gasteiger partial charge on any atom is 0.255 e. The highest BCUT2D eigenvalue weighted by Gasteiger charge is 2.36. The summed E-state index contributed by atoms with van der Waals surface area (Å²) in [5, 5.41) is 6.91. The summed E-state index contributed by atoms with van der Waals surface area (Å²) in [6, 6.07) is 1.75. The summed E-state index contributed by atoms with van der Waals surface area (Å²) < 4.78 is 6.05. The Hall–Kier alpha value is -2.58. The van der Waals surface area contributed by atoms with Crippen molar-refractivity contribution in [2.24, 2.45) is 0 Å². The summed E-state index contributed by atoms with van der Waals surface area (Å²) in [6.45, 7) is 9.49. The molecule has 32 heavy (non-hydrogen) atoms. The molecule has 1 saturated heterocycles. The van der Waals surface area contributed by atoms with Gasteiger partial charge in [-0.05, 0) is 39.7 Å². The van der Waals surface area contributed by atoms with E-state index < -0.39 is 5.60 Å². The predicted molar refractivity (Wildman–Crippen MR) is 126 cm³/mol. The smallest absolute Gasteiger partial charge is 0.255 e. The first kappa shape index (κ1) is 22.6. The van der Waals surface area contributed by atoms with Crippen molar-refractivity contribution in [3.05, 3.63) is 40.3 Å². The normalized spacial score (nSPS) is 18.1. The van der Waals surface area contributed by atoms with Crippen LogP contribution in [-0.4, -0.2) is 58.6 Å². The molecule has 0 atom stereocenters. The summed E-state index contributed by atoms with van der Waals surface area (Å²) >= 11 is 6.32. The zero-order valence-corrected chi connectivity index (χ0v) is 19.6. The third-order valence-electron chi connectivity index (χ3n) is 6.12. The number of nitrogens with one attached hydrogen (secondary N) is 2. The molecule has 2 aliphatic heterocycles. The van der Waals surface area contributed by atoms with Gasteiger partial charge in [0, 0.05) is 56.6 Å². The lowest BCUT2D eigenvalue weighted by atomic mass is 9.98. The van der Waals surface area contributed by atoms with Crippen molar-refractivity contribution in [2.45, 2.75) is 51.7 Å². The van der Waals surface area contributed by atoms with E-state index in [0.29, 0.717) is 28.4 Å². The molecule has 1 amide bonds. The van der Waals surface area contributed by atoms with Crippen LogP contribution >= 0.6 is 11.6 Å². The molecule has 0 bridgehead atoms. The fraction of sp³-hybridized carbons (Fsp3) is 0.522. The largest absolute Gasteiger partial charge is 0.486 e. The molecule has 2 aliphatic rings. The van der Waals surface area contributed by atoms with Gasteiger partial charge >= 0.3 is 0 Å². The zero-order chi connectivity index (χ0) is 22.9. The van der Waals surface area contributed by atoms with Crippen LogP contribution in [0.1, 0.15) is 48.3 Å². The first-order valence-corrected chi connectivity index (χ1v) is 11.5. The first-order chi connectivity index (χ1) is 15.2. The van der Waals surface area contributed by atoms with Gasteiger partial charge in [0.05, 0.1) is 22.0 Å². The molecular weight excluding hydrogens is 428 g/mol. The fourth-order valence-corrected chi connectivity index (χ4v) is 4.60. The molecule has 172 valence electrons. The van der Waals surface area contributed by atoms with E-state index in [1.807, 2.05) is 20.8 Å². The summed E-state index contributed by atoms with van der Waals surface area (Å²) in [5.74, 6) is 1.24. The van der Waals surface area contributed by atoms with Crippen molar-refractivity contribution in [3.8, 4) is 5.75 Å². The van der Waals surface area contributed by atoms with E-state index in [2.05, 4.69) is 25.5 Å². The summed E-state index contributed by atoms with van der Waals surface area (Å²) in [5.41, 5.74) is 8.44. The number of piperidine rings is 1. The number of nitrogens with zero attached hydrogens (tertiary/aromatic N) is 3. The van der Waals surface area contributed by atoms with E-state index in [1.54, 1.807) is 18.5 Å². The summed E-state index contributed by atoms with van der Waals surface area (Å²) in [7, 11) is 0. The van der Waals surface area contributed by atoms with Crippen LogP contribution in [0, 0.1) is 6.92 Å². The minimum Gasteiger partial charge on any atom is -0.486 e. The topological polar surface area (TPSA) is 105 Å². The van der Waals surface area contributed by atoms with E-state index in [4.69, 9.17) is 22.1 Å². The van der Waals surface area contributed by atoms with Gasteiger partial charge in [0.2, 0.25) is 0 Å². The van der Waals surface area contributed by atoms with Crippen molar-refractivity contribution in [1.29, 1.82) is 0 Å². The van der Waals surface area contributed by atoms with Gasteiger partial charge < -0.3 is 26.0 Å². The maximum atomic E-state index is 13.1. The van der Waals surface area contributed by atoms with Gasteiger partial charge in [-0.2, -0.15) is 0 Å². The number of halogens is 1. The van der Waals surface area contributed by atoms with Gasteiger partial charge in [-0.1, -0.05) is 11.6 Å². The first-order valence-electron chi connectivity index (χ1n) is 11.1. The molecule has 0 spiro atoms. The number of hydrogen-bond acceptors (Lipinski definition) is 7. The minimum absolute atomic E-state index is 0.121. The molecule has 9 heteroatoms. The number of rotatable bonds is 6. The van der Waals surface area contributed by atoms with Crippen LogP contribution in [0.5, 0.6) is 5.75 Å². The summed E-state index contributed by atoms with van der Waals surface area (Å²) in [4.78, 5) is 24.0. The number of carbonyl (C=O) groups is 1.